The van der Waals surface area contributed by atoms with Gasteiger partial charge in [0.15, 0.2) is 5.79 Å². The minimum absolute atomic E-state index is 0.189. The maximum Gasteiger partial charge on any atom is 0.169 e. The van der Waals surface area contributed by atoms with Crippen LogP contribution in [0.15, 0.2) is 48.6 Å². The van der Waals surface area contributed by atoms with Crippen LogP contribution in [0.1, 0.15) is 181 Å². The fraction of sp³-hybridized carbons (Fsp3) is 0.818. The van der Waals surface area contributed by atoms with Gasteiger partial charge in [-0.2, -0.15) is 0 Å². The second-order valence-electron chi connectivity index (χ2n) is 15.1. The van der Waals surface area contributed by atoms with Crippen molar-refractivity contribution in [2.24, 2.45) is 0 Å². The maximum atomic E-state index is 10.9. The first-order chi connectivity index (χ1) is 24.0. The number of ether oxygens (including phenoxy) is 2. The molecule has 2 heterocycles. The van der Waals surface area contributed by atoms with Crippen molar-refractivity contribution < 1.29 is 19.7 Å². The van der Waals surface area contributed by atoms with Gasteiger partial charge >= 0.3 is 0 Å². The molecule has 2 fully saturated rings. The Morgan fingerprint density at radius 3 is 1.39 bits per heavy atom. The van der Waals surface area contributed by atoms with Gasteiger partial charge in [-0.05, 0) is 84.1 Å². The summed E-state index contributed by atoms with van der Waals surface area (Å²) < 4.78 is 13.3. The lowest BCUT2D eigenvalue weighted by molar-refractivity contribution is -0.201. The lowest BCUT2D eigenvalue weighted by Gasteiger charge is -2.31. The summed E-state index contributed by atoms with van der Waals surface area (Å²) in [6.07, 6.45) is 47.7. The molecule has 0 unspecified atom stereocenters. The largest absolute Gasteiger partial charge is 0.389 e. The van der Waals surface area contributed by atoms with Crippen molar-refractivity contribution in [1.82, 2.24) is 4.90 Å². The highest BCUT2D eigenvalue weighted by Gasteiger charge is 2.52. The minimum Gasteiger partial charge on any atom is -0.389 e. The van der Waals surface area contributed by atoms with Gasteiger partial charge in [0.25, 0.3) is 0 Å². The average molecular weight is 686 g/mol. The number of hydrogen-bond donors (Lipinski definition) is 2. The van der Waals surface area contributed by atoms with Crippen LogP contribution in [-0.4, -0.2) is 65.5 Å². The Morgan fingerprint density at radius 1 is 0.531 bits per heavy atom. The van der Waals surface area contributed by atoms with Crippen LogP contribution >= 0.6 is 0 Å². The van der Waals surface area contributed by atoms with Crippen molar-refractivity contribution in [2.45, 2.75) is 211 Å². The number of likely N-dealkylation sites (tertiary alicyclic amines) is 1. The zero-order chi connectivity index (χ0) is 35.3. The Morgan fingerprint density at radius 2 is 0.939 bits per heavy atom. The van der Waals surface area contributed by atoms with E-state index < -0.39 is 24.1 Å². The van der Waals surface area contributed by atoms with E-state index in [-0.39, 0.29) is 6.10 Å². The van der Waals surface area contributed by atoms with E-state index in [2.05, 4.69) is 67.4 Å². The molecule has 2 rings (SSSR count). The predicted octanol–water partition coefficient (Wildman–Crippen LogP) is 11.5. The van der Waals surface area contributed by atoms with E-state index in [4.69, 9.17) is 9.47 Å². The summed E-state index contributed by atoms with van der Waals surface area (Å²) in [5, 5.41) is 21.5. The predicted molar refractivity (Wildman–Crippen MR) is 210 cm³/mol. The molecule has 49 heavy (non-hydrogen) atoms. The zero-order valence-corrected chi connectivity index (χ0v) is 32.4. The standard InChI is InChI=1S/C44H79NO4/c1-4-6-8-10-12-14-16-18-20-22-24-26-28-30-32-34-36-44(48-41-39-45(3)38-40(46)42(47)43(41)49-44)37-35-33-31-29-27-25-23-21-19-17-15-13-11-9-7-5-2/h12-15,18-21,40-43,46-47H,4-11,16-17,22-39H2,1-3H3/t40-,41-,42-,43-,44?/m1/s1. The van der Waals surface area contributed by atoms with Crippen molar-refractivity contribution in [3.63, 3.8) is 0 Å². The van der Waals surface area contributed by atoms with Crippen LogP contribution < -0.4 is 0 Å². The first-order valence-electron chi connectivity index (χ1n) is 21.0. The third-order valence-electron chi connectivity index (χ3n) is 10.3. The summed E-state index contributed by atoms with van der Waals surface area (Å²) in [6, 6.07) is 0. The number of aliphatic hydroxyl groups is 2. The Balaban J connectivity index is 1.64. The summed E-state index contributed by atoms with van der Waals surface area (Å²) in [5.74, 6) is -0.626. The van der Waals surface area contributed by atoms with Crippen LogP contribution in [0.3, 0.4) is 0 Å². The van der Waals surface area contributed by atoms with Gasteiger partial charge in [0.2, 0.25) is 0 Å². The smallest absolute Gasteiger partial charge is 0.169 e. The summed E-state index contributed by atoms with van der Waals surface area (Å²) in [4.78, 5) is 2.07. The first kappa shape index (κ1) is 43.9. The molecule has 2 aliphatic rings. The van der Waals surface area contributed by atoms with Gasteiger partial charge in [0, 0.05) is 25.9 Å². The molecular formula is C44H79NO4. The molecule has 5 nitrogen and oxygen atoms in total. The van der Waals surface area contributed by atoms with Gasteiger partial charge in [-0.15, -0.1) is 0 Å². The number of likely N-dealkylation sites (N-methyl/N-ethyl adjacent to an activating group) is 1. The number of nitrogens with zero attached hydrogens (tertiary/aromatic N) is 1. The van der Waals surface area contributed by atoms with Gasteiger partial charge in [-0.1, -0.05) is 140 Å². The molecule has 5 heteroatoms. The van der Waals surface area contributed by atoms with Crippen molar-refractivity contribution in [3.05, 3.63) is 48.6 Å². The highest BCUT2D eigenvalue weighted by molar-refractivity contribution is 4.97. The van der Waals surface area contributed by atoms with Gasteiger partial charge in [-0.3, -0.25) is 0 Å². The molecular weight excluding hydrogens is 606 g/mol. The van der Waals surface area contributed by atoms with E-state index >= 15 is 0 Å². The van der Waals surface area contributed by atoms with Gasteiger partial charge in [0.05, 0.1) is 6.10 Å². The summed E-state index contributed by atoms with van der Waals surface area (Å²) >= 11 is 0. The van der Waals surface area contributed by atoms with Crippen molar-refractivity contribution in [2.75, 3.05) is 20.1 Å². The number of aliphatic hydroxyl groups excluding tert-OH is 2. The molecule has 284 valence electrons. The molecule has 0 aromatic heterocycles. The third-order valence-corrected chi connectivity index (χ3v) is 10.3. The van der Waals surface area contributed by atoms with Gasteiger partial charge < -0.3 is 24.6 Å². The van der Waals surface area contributed by atoms with E-state index in [0.29, 0.717) is 13.1 Å². The van der Waals surface area contributed by atoms with Crippen LogP contribution in [0, 0.1) is 0 Å². The van der Waals surface area contributed by atoms with Crippen LogP contribution in [0.2, 0.25) is 0 Å². The van der Waals surface area contributed by atoms with E-state index in [0.717, 1.165) is 38.5 Å². The van der Waals surface area contributed by atoms with Crippen molar-refractivity contribution in [3.8, 4) is 0 Å². The highest BCUT2D eigenvalue weighted by atomic mass is 16.8. The highest BCUT2D eigenvalue weighted by Crippen LogP contribution is 2.40. The monoisotopic (exact) mass is 686 g/mol. The zero-order valence-electron chi connectivity index (χ0n) is 32.4. The molecule has 0 aromatic carbocycles. The van der Waals surface area contributed by atoms with Crippen LogP contribution in [0.25, 0.3) is 0 Å². The number of fused-ring (bicyclic) bond motifs is 1. The van der Waals surface area contributed by atoms with E-state index in [1.54, 1.807) is 0 Å². The van der Waals surface area contributed by atoms with Crippen molar-refractivity contribution in [1.29, 1.82) is 0 Å². The molecule has 0 saturated carbocycles. The average Bonchev–Trinajstić information content (AvgIpc) is 3.40. The van der Waals surface area contributed by atoms with E-state index in [1.165, 1.54) is 128 Å². The van der Waals surface area contributed by atoms with Gasteiger partial charge in [0.1, 0.15) is 18.3 Å². The summed E-state index contributed by atoms with van der Waals surface area (Å²) in [7, 11) is 1.99. The second kappa shape index (κ2) is 29.3. The SMILES string of the molecule is CCCCCC=CCC=CCCCCCCCCC1(CCCCCCCCC=CCC=CCCCCC)O[C@H]2[C@H](O)[C@H](O)CN(C)C[C@H]2O1. The number of rotatable bonds is 30. The Labute approximate surface area is 303 Å². The molecule has 2 aliphatic heterocycles. The number of hydrogen-bond acceptors (Lipinski definition) is 5. The van der Waals surface area contributed by atoms with Crippen LogP contribution in [-0.2, 0) is 9.47 Å². The molecule has 0 aromatic rings. The van der Waals surface area contributed by atoms with Crippen molar-refractivity contribution >= 4 is 0 Å². The Hall–Kier alpha value is -1.24. The summed E-state index contributed by atoms with van der Waals surface area (Å²) in [5.41, 5.74) is 0. The molecule has 2 saturated heterocycles. The molecule has 4 atom stereocenters. The van der Waals surface area contributed by atoms with Gasteiger partial charge in [-0.25, -0.2) is 0 Å². The lowest BCUT2D eigenvalue weighted by atomic mass is 9.98. The van der Waals surface area contributed by atoms with Crippen LogP contribution in [0.5, 0.6) is 0 Å². The third kappa shape index (κ3) is 21.0. The summed E-state index contributed by atoms with van der Waals surface area (Å²) in [6.45, 7) is 5.65. The number of allylic oxidation sites excluding steroid dienone is 8. The number of β-amino-alcohol motifs (C(OH)–C–C–N with tert-alkyl or cyclic N) is 1. The minimum atomic E-state index is -0.899. The second-order valence-corrected chi connectivity index (χ2v) is 15.1. The fourth-order valence-corrected chi connectivity index (χ4v) is 7.28. The maximum absolute atomic E-state index is 10.9. The molecule has 0 aliphatic carbocycles. The lowest BCUT2D eigenvalue weighted by Crippen LogP contribution is -2.43. The number of unbranched alkanes of at least 4 members (excludes halogenated alkanes) is 18. The fourth-order valence-electron chi connectivity index (χ4n) is 7.28. The quantitative estimate of drug-likeness (QED) is 0.0582. The molecule has 0 spiro atoms. The first-order valence-corrected chi connectivity index (χ1v) is 21.0. The van der Waals surface area contributed by atoms with Crippen LogP contribution in [0.4, 0.5) is 0 Å². The molecule has 2 N–H and O–H groups in total. The molecule has 0 amide bonds. The van der Waals surface area contributed by atoms with E-state index in [1.807, 2.05) is 7.05 Å². The normalized spacial score (nSPS) is 25.1. The molecule has 0 bridgehead atoms. The molecule has 0 radical (unpaired) electrons. The Kier molecular flexibility index (Phi) is 26.3. The Bertz CT molecular complexity index is 834. The van der Waals surface area contributed by atoms with E-state index in [9.17, 15) is 10.2 Å². The topological polar surface area (TPSA) is 62.2 Å².